The van der Waals surface area contributed by atoms with Crippen molar-refractivity contribution in [3.63, 3.8) is 0 Å². The van der Waals surface area contributed by atoms with Crippen LogP contribution in [0.1, 0.15) is 30.5 Å². The highest BCUT2D eigenvalue weighted by Crippen LogP contribution is 2.30. The van der Waals surface area contributed by atoms with Crippen LogP contribution in [0, 0.1) is 6.92 Å². The molecule has 2 aromatic carbocycles. The Morgan fingerprint density at radius 1 is 1.09 bits per heavy atom. The van der Waals surface area contributed by atoms with Gasteiger partial charge in [0.1, 0.15) is 0 Å². The monoisotopic (exact) mass is 306 g/mol. The van der Waals surface area contributed by atoms with E-state index in [4.69, 9.17) is 0 Å². The molecule has 3 rings (SSSR count). The van der Waals surface area contributed by atoms with E-state index < -0.39 is 5.41 Å². The van der Waals surface area contributed by atoms with Gasteiger partial charge < -0.3 is 10.3 Å². The minimum absolute atomic E-state index is 0.0304. The lowest BCUT2D eigenvalue weighted by molar-refractivity contribution is -0.125. The SMILES string of the molecule is Cc1ccc(CNC(=O)C(C)(C)c2c[nH]c3ccccc23)cc1. The fourth-order valence-corrected chi connectivity index (χ4v) is 2.82. The van der Waals surface area contributed by atoms with E-state index in [1.807, 2.05) is 50.4 Å². The number of aromatic nitrogens is 1. The van der Waals surface area contributed by atoms with Gasteiger partial charge in [0, 0.05) is 23.6 Å². The Morgan fingerprint density at radius 2 is 1.78 bits per heavy atom. The number of aryl methyl sites for hydroxylation is 1. The highest BCUT2D eigenvalue weighted by Gasteiger charge is 2.31. The minimum atomic E-state index is -0.593. The zero-order chi connectivity index (χ0) is 16.4. The summed E-state index contributed by atoms with van der Waals surface area (Å²) >= 11 is 0. The van der Waals surface area contributed by atoms with E-state index in [2.05, 4.69) is 35.4 Å². The molecule has 2 N–H and O–H groups in total. The van der Waals surface area contributed by atoms with Crippen LogP contribution in [-0.4, -0.2) is 10.9 Å². The van der Waals surface area contributed by atoms with Gasteiger partial charge in [-0.1, -0.05) is 48.0 Å². The van der Waals surface area contributed by atoms with Gasteiger partial charge in [0.15, 0.2) is 0 Å². The number of hydrogen-bond acceptors (Lipinski definition) is 1. The Kier molecular flexibility index (Phi) is 3.95. The first-order valence-corrected chi connectivity index (χ1v) is 7.89. The number of carbonyl (C=O) groups is 1. The number of aromatic amines is 1. The molecular formula is C20H22N2O. The van der Waals surface area contributed by atoms with Gasteiger partial charge in [-0.05, 0) is 38.0 Å². The summed E-state index contributed by atoms with van der Waals surface area (Å²) in [6.45, 7) is 6.54. The van der Waals surface area contributed by atoms with Gasteiger partial charge >= 0.3 is 0 Å². The number of hydrogen-bond donors (Lipinski definition) is 2. The van der Waals surface area contributed by atoms with Gasteiger partial charge in [0.05, 0.1) is 5.41 Å². The molecule has 0 spiro atoms. The fourth-order valence-electron chi connectivity index (χ4n) is 2.82. The Balaban J connectivity index is 1.78. The second-order valence-electron chi connectivity index (χ2n) is 6.54. The van der Waals surface area contributed by atoms with Crippen LogP contribution in [0.4, 0.5) is 0 Å². The third-order valence-corrected chi connectivity index (χ3v) is 4.40. The molecule has 0 saturated carbocycles. The van der Waals surface area contributed by atoms with Crippen molar-refractivity contribution in [2.24, 2.45) is 0 Å². The van der Waals surface area contributed by atoms with E-state index in [9.17, 15) is 4.79 Å². The van der Waals surface area contributed by atoms with Crippen molar-refractivity contribution in [2.75, 3.05) is 0 Å². The molecule has 0 atom stereocenters. The molecule has 0 aliphatic rings. The fraction of sp³-hybridized carbons (Fsp3) is 0.250. The maximum Gasteiger partial charge on any atom is 0.230 e. The van der Waals surface area contributed by atoms with Crippen LogP contribution in [0.2, 0.25) is 0 Å². The molecule has 118 valence electrons. The van der Waals surface area contributed by atoms with Crippen molar-refractivity contribution in [3.8, 4) is 0 Å². The maximum absolute atomic E-state index is 12.7. The van der Waals surface area contributed by atoms with Crippen LogP contribution < -0.4 is 5.32 Å². The molecular weight excluding hydrogens is 284 g/mol. The van der Waals surface area contributed by atoms with E-state index in [1.54, 1.807) is 0 Å². The van der Waals surface area contributed by atoms with Gasteiger partial charge in [0.25, 0.3) is 0 Å². The molecule has 0 bridgehead atoms. The number of nitrogens with one attached hydrogen (secondary N) is 2. The summed E-state index contributed by atoms with van der Waals surface area (Å²) in [5.41, 5.74) is 3.82. The summed E-state index contributed by atoms with van der Waals surface area (Å²) in [5.74, 6) is 0.0304. The molecule has 23 heavy (non-hydrogen) atoms. The number of carbonyl (C=O) groups excluding carboxylic acids is 1. The first-order valence-electron chi connectivity index (χ1n) is 7.89. The van der Waals surface area contributed by atoms with Crippen molar-refractivity contribution in [1.82, 2.24) is 10.3 Å². The molecule has 3 aromatic rings. The average molecular weight is 306 g/mol. The van der Waals surface area contributed by atoms with Crippen molar-refractivity contribution in [3.05, 3.63) is 71.4 Å². The van der Waals surface area contributed by atoms with E-state index in [0.29, 0.717) is 6.54 Å². The third-order valence-electron chi connectivity index (χ3n) is 4.40. The van der Waals surface area contributed by atoms with Crippen LogP contribution in [0.15, 0.2) is 54.7 Å². The molecule has 0 saturated heterocycles. The number of para-hydroxylation sites is 1. The van der Waals surface area contributed by atoms with E-state index >= 15 is 0 Å². The maximum atomic E-state index is 12.7. The largest absolute Gasteiger partial charge is 0.361 e. The normalized spacial score (nSPS) is 11.6. The lowest BCUT2D eigenvalue weighted by atomic mass is 9.83. The summed E-state index contributed by atoms with van der Waals surface area (Å²) in [6, 6.07) is 16.3. The standard InChI is InChI=1S/C20H22N2O/c1-14-8-10-15(11-9-14)12-22-19(23)20(2,3)17-13-21-18-7-5-4-6-16(17)18/h4-11,13,21H,12H2,1-3H3,(H,22,23). The summed E-state index contributed by atoms with van der Waals surface area (Å²) in [7, 11) is 0. The number of benzene rings is 2. The number of H-pyrrole nitrogens is 1. The Hall–Kier alpha value is -2.55. The van der Waals surface area contributed by atoms with Crippen molar-refractivity contribution in [1.29, 1.82) is 0 Å². The summed E-state index contributed by atoms with van der Waals surface area (Å²) in [6.07, 6.45) is 1.94. The summed E-state index contributed by atoms with van der Waals surface area (Å²) in [4.78, 5) is 16.0. The Bertz CT molecular complexity index is 828. The van der Waals surface area contributed by atoms with Gasteiger partial charge in [-0.2, -0.15) is 0 Å². The molecule has 1 heterocycles. The quantitative estimate of drug-likeness (QED) is 0.750. The molecule has 1 amide bonds. The Labute approximate surface area is 136 Å². The van der Waals surface area contributed by atoms with Crippen molar-refractivity contribution in [2.45, 2.75) is 32.7 Å². The van der Waals surface area contributed by atoms with Gasteiger partial charge in [0.2, 0.25) is 5.91 Å². The number of rotatable bonds is 4. The van der Waals surface area contributed by atoms with Gasteiger partial charge in [-0.3, -0.25) is 4.79 Å². The van der Waals surface area contributed by atoms with Crippen molar-refractivity contribution < 1.29 is 4.79 Å². The molecule has 0 aliphatic heterocycles. The first-order chi connectivity index (χ1) is 11.0. The topological polar surface area (TPSA) is 44.9 Å². The van der Waals surface area contributed by atoms with Gasteiger partial charge in [-0.15, -0.1) is 0 Å². The van der Waals surface area contributed by atoms with Crippen LogP contribution in [0.3, 0.4) is 0 Å². The number of amides is 1. The molecule has 3 nitrogen and oxygen atoms in total. The smallest absolute Gasteiger partial charge is 0.230 e. The second kappa shape index (κ2) is 5.92. The molecule has 0 aliphatic carbocycles. The van der Waals surface area contributed by atoms with Crippen LogP contribution in [-0.2, 0) is 16.8 Å². The lowest BCUT2D eigenvalue weighted by Crippen LogP contribution is -2.39. The highest BCUT2D eigenvalue weighted by atomic mass is 16.2. The van der Waals surface area contributed by atoms with Gasteiger partial charge in [-0.25, -0.2) is 0 Å². The second-order valence-corrected chi connectivity index (χ2v) is 6.54. The molecule has 1 aromatic heterocycles. The lowest BCUT2D eigenvalue weighted by Gasteiger charge is -2.23. The highest BCUT2D eigenvalue weighted by molar-refractivity contribution is 5.94. The molecule has 3 heteroatoms. The van der Waals surface area contributed by atoms with E-state index in [0.717, 1.165) is 22.0 Å². The summed E-state index contributed by atoms with van der Waals surface area (Å²) in [5, 5.41) is 4.16. The minimum Gasteiger partial charge on any atom is -0.361 e. The predicted octanol–water partition coefficient (Wildman–Crippen LogP) is 4.07. The van der Waals surface area contributed by atoms with E-state index in [1.165, 1.54) is 5.56 Å². The van der Waals surface area contributed by atoms with Crippen molar-refractivity contribution >= 4 is 16.8 Å². The Morgan fingerprint density at radius 3 is 2.52 bits per heavy atom. The van der Waals surface area contributed by atoms with Crippen LogP contribution in [0.5, 0.6) is 0 Å². The zero-order valence-corrected chi connectivity index (χ0v) is 13.8. The third kappa shape index (κ3) is 3.00. The molecule has 0 radical (unpaired) electrons. The molecule has 0 fully saturated rings. The number of fused-ring (bicyclic) bond motifs is 1. The zero-order valence-electron chi connectivity index (χ0n) is 13.8. The average Bonchev–Trinajstić information content (AvgIpc) is 2.98. The van der Waals surface area contributed by atoms with Crippen LogP contribution in [0.25, 0.3) is 10.9 Å². The molecule has 0 unspecified atom stereocenters. The first kappa shape index (κ1) is 15.3. The summed E-state index contributed by atoms with van der Waals surface area (Å²) < 4.78 is 0. The predicted molar refractivity (Wildman–Crippen MR) is 94.4 cm³/mol. The van der Waals surface area contributed by atoms with Crippen LogP contribution >= 0.6 is 0 Å². The van der Waals surface area contributed by atoms with E-state index in [-0.39, 0.29) is 5.91 Å².